The molecule has 0 radical (unpaired) electrons. The normalized spacial score (nSPS) is 14.7. The highest BCUT2D eigenvalue weighted by atomic mass is 16.5. The van der Waals surface area contributed by atoms with E-state index in [1.165, 1.54) is 16.5 Å². The number of ether oxygens (including phenoxy) is 2. The maximum Gasteiger partial charge on any atom is 0.341 e. The summed E-state index contributed by atoms with van der Waals surface area (Å²) in [7, 11) is 3.78. The van der Waals surface area contributed by atoms with Crippen molar-refractivity contribution in [2.24, 2.45) is 13.0 Å². The highest BCUT2D eigenvalue weighted by Crippen LogP contribution is 2.26. The smallest absolute Gasteiger partial charge is 0.341 e. The number of methoxy groups -OCH3 is 1. The van der Waals surface area contributed by atoms with Crippen LogP contribution in [0.4, 0.5) is 5.95 Å². The molecule has 1 aromatic carbocycles. The maximum absolute atomic E-state index is 11.8. The van der Waals surface area contributed by atoms with E-state index < -0.39 is 0 Å². The molecule has 0 unspecified atom stereocenters. The van der Waals surface area contributed by atoms with E-state index in [4.69, 9.17) is 9.47 Å². The quantitative estimate of drug-likeness (QED) is 0.542. The lowest BCUT2D eigenvalue weighted by atomic mass is 9.97. The van der Waals surface area contributed by atoms with Crippen LogP contribution in [0.25, 0.3) is 10.9 Å². The van der Waals surface area contributed by atoms with Crippen molar-refractivity contribution >= 4 is 22.8 Å². The molecule has 2 aromatic heterocycles. The maximum atomic E-state index is 11.8. The molecule has 0 amide bonds. The summed E-state index contributed by atoms with van der Waals surface area (Å²) < 4.78 is 12.5. The number of esters is 1. The van der Waals surface area contributed by atoms with Gasteiger partial charge in [0.1, 0.15) is 5.75 Å². The third kappa shape index (κ3) is 4.85. The average molecular weight is 438 g/mol. The fourth-order valence-electron chi connectivity index (χ4n) is 4.27. The van der Waals surface area contributed by atoms with Gasteiger partial charge in [-0.05, 0) is 56.0 Å². The Bertz CT molecular complexity index is 1060. The SMILES string of the molecule is CCOC(=O)c1cnc(N2CCC(CNCc3cn(C)c4ccc(OC)cc34)CC2)nc1. The van der Waals surface area contributed by atoms with Gasteiger partial charge in [-0.2, -0.15) is 0 Å². The molecule has 3 heterocycles. The number of hydrogen-bond donors (Lipinski definition) is 1. The second-order valence-electron chi connectivity index (χ2n) is 8.20. The first-order valence-corrected chi connectivity index (χ1v) is 11.2. The van der Waals surface area contributed by atoms with E-state index in [0.717, 1.165) is 44.8 Å². The number of nitrogens with one attached hydrogen (secondary N) is 1. The lowest BCUT2D eigenvalue weighted by Crippen LogP contribution is -2.38. The first-order valence-electron chi connectivity index (χ1n) is 11.2. The van der Waals surface area contributed by atoms with Crippen molar-refractivity contribution in [3.8, 4) is 5.75 Å². The van der Waals surface area contributed by atoms with Crippen LogP contribution < -0.4 is 15.0 Å². The van der Waals surface area contributed by atoms with Gasteiger partial charge in [-0.25, -0.2) is 14.8 Å². The van der Waals surface area contributed by atoms with Crippen molar-refractivity contribution < 1.29 is 14.3 Å². The Hall–Kier alpha value is -3.13. The third-order valence-corrected chi connectivity index (χ3v) is 6.07. The van der Waals surface area contributed by atoms with E-state index in [0.29, 0.717) is 24.0 Å². The number of hydrogen-bond acceptors (Lipinski definition) is 7. The topological polar surface area (TPSA) is 81.5 Å². The minimum atomic E-state index is -0.381. The van der Waals surface area contributed by atoms with Crippen LogP contribution in [0.3, 0.4) is 0 Å². The van der Waals surface area contributed by atoms with Crippen LogP contribution in [-0.4, -0.2) is 53.9 Å². The molecule has 0 spiro atoms. The van der Waals surface area contributed by atoms with Gasteiger partial charge in [0.15, 0.2) is 0 Å². The molecule has 0 atom stereocenters. The van der Waals surface area contributed by atoms with E-state index >= 15 is 0 Å². The van der Waals surface area contributed by atoms with Crippen LogP contribution in [-0.2, 0) is 18.3 Å². The molecule has 170 valence electrons. The molecule has 8 nitrogen and oxygen atoms in total. The molecule has 32 heavy (non-hydrogen) atoms. The number of nitrogens with zero attached hydrogens (tertiary/aromatic N) is 4. The second kappa shape index (κ2) is 9.99. The van der Waals surface area contributed by atoms with Gasteiger partial charge in [0.05, 0.1) is 19.3 Å². The molecule has 3 aromatic rings. The number of anilines is 1. The molecule has 1 aliphatic rings. The van der Waals surface area contributed by atoms with Crippen molar-refractivity contribution in [1.29, 1.82) is 0 Å². The van der Waals surface area contributed by atoms with E-state index in [1.807, 2.05) is 6.07 Å². The summed E-state index contributed by atoms with van der Waals surface area (Å²) in [5, 5.41) is 4.88. The summed E-state index contributed by atoms with van der Waals surface area (Å²) in [6.07, 6.45) is 7.45. The summed E-state index contributed by atoms with van der Waals surface area (Å²) in [6, 6.07) is 6.22. The molecule has 0 aliphatic carbocycles. The highest BCUT2D eigenvalue weighted by molar-refractivity contribution is 5.88. The molecule has 1 saturated heterocycles. The molecule has 1 aliphatic heterocycles. The van der Waals surface area contributed by atoms with Gasteiger partial charge in [0.2, 0.25) is 5.95 Å². The van der Waals surface area contributed by atoms with Gasteiger partial charge in [-0.3, -0.25) is 0 Å². The third-order valence-electron chi connectivity index (χ3n) is 6.07. The fourth-order valence-corrected chi connectivity index (χ4v) is 4.27. The van der Waals surface area contributed by atoms with E-state index in [-0.39, 0.29) is 5.97 Å². The predicted molar refractivity (Wildman–Crippen MR) is 124 cm³/mol. The number of fused-ring (bicyclic) bond motifs is 1. The van der Waals surface area contributed by atoms with Crippen molar-refractivity contribution in [3.05, 3.63) is 47.9 Å². The van der Waals surface area contributed by atoms with Crippen molar-refractivity contribution in [2.75, 3.05) is 38.3 Å². The minimum absolute atomic E-state index is 0.344. The molecule has 0 saturated carbocycles. The number of carbonyl (C=O) groups is 1. The van der Waals surface area contributed by atoms with Crippen molar-refractivity contribution in [3.63, 3.8) is 0 Å². The van der Waals surface area contributed by atoms with Crippen LogP contribution in [0.15, 0.2) is 36.8 Å². The summed E-state index contributed by atoms with van der Waals surface area (Å²) in [4.78, 5) is 22.7. The number of benzene rings is 1. The Labute approximate surface area is 188 Å². The molecule has 1 fully saturated rings. The summed E-state index contributed by atoms with van der Waals surface area (Å²) >= 11 is 0. The summed E-state index contributed by atoms with van der Waals surface area (Å²) in [5.41, 5.74) is 2.89. The highest BCUT2D eigenvalue weighted by Gasteiger charge is 2.21. The molecule has 8 heteroatoms. The van der Waals surface area contributed by atoms with Crippen molar-refractivity contribution in [2.45, 2.75) is 26.3 Å². The van der Waals surface area contributed by atoms with Gasteiger partial charge >= 0.3 is 5.97 Å². The Kier molecular flexibility index (Phi) is 6.90. The summed E-state index contributed by atoms with van der Waals surface area (Å²) in [6.45, 7) is 5.77. The van der Waals surface area contributed by atoms with Gasteiger partial charge in [-0.15, -0.1) is 0 Å². The standard InChI is InChI=1S/C24H31N5O3/c1-4-32-23(30)18-14-26-24(27-15-18)29-9-7-17(8-10-29)12-25-13-19-16-28(2)22-6-5-20(31-3)11-21(19)22/h5-6,11,14-17,25H,4,7-10,12-13H2,1-3H3. The fraction of sp³-hybridized carbons (Fsp3) is 0.458. The van der Waals surface area contributed by atoms with E-state index in [1.54, 1.807) is 26.4 Å². The van der Waals surface area contributed by atoms with Crippen LogP contribution in [0.1, 0.15) is 35.7 Å². The van der Waals surface area contributed by atoms with Gasteiger partial charge in [-0.1, -0.05) is 0 Å². The Balaban J connectivity index is 1.27. The Morgan fingerprint density at radius 2 is 1.97 bits per heavy atom. The van der Waals surface area contributed by atoms with Gasteiger partial charge in [0.25, 0.3) is 0 Å². The zero-order valence-electron chi connectivity index (χ0n) is 19.0. The number of piperidine rings is 1. The van der Waals surface area contributed by atoms with Gasteiger partial charge in [0, 0.05) is 56.2 Å². The zero-order chi connectivity index (χ0) is 22.5. The second-order valence-corrected chi connectivity index (χ2v) is 8.20. The lowest BCUT2D eigenvalue weighted by molar-refractivity contribution is 0.0525. The van der Waals surface area contributed by atoms with Crippen LogP contribution in [0.5, 0.6) is 5.75 Å². The summed E-state index contributed by atoms with van der Waals surface area (Å²) in [5.74, 6) is 1.80. The van der Waals surface area contributed by atoms with E-state index in [2.05, 4.69) is 50.1 Å². The molecular weight excluding hydrogens is 406 g/mol. The molecule has 1 N–H and O–H groups in total. The Morgan fingerprint density at radius 1 is 1.22 bits per heavy atom. The van der Waals surface area contributed by atoms with Crippen LogP contribution in [0.2, 0.25) is 0 Å². The number of rotatable bonds is 8. The van der Waals surface area contributed by atoms with E-state index in [9.17, 15) is 4.79 Å². The Morgan fingerprint density at radius 3 is 2.66 bits per heavy atom. The van der Waals surface area contributed by atoms with Crippen molar-refractivity contribution in [1.82, 2.24) is 19.9 Å². The van der Waals surface area contributed by atoms with Crippen LogP contribution in [0, 0.1) is 5.92 Å². The number of aryl methyl sites for hydroxylation is 1. The average Bonchev–Trinajstić information content (AvgIpc) is 3.14. The molecule has 4 rings (SSSR count). The number of carbonyl (C=O) groups excluding carboxylic acids is 1. The number of aromatic nitrogens is 3. The lowest BCUT2D eigenvalue weighted by Gasteiger charge is -2.32. The largest absolute Gasteiger partial charge is 0.497 e. The zero-order valence-corrected chi connectivity index (χ0v) is 19.0. The first kappa shape index (κ1) is 22.1. The monoisotopic (exact) mass is 437 g/mol. The predicted octanol–water partition coefficient (Wildman–Crippen LogP) is 3.16. The van der Waals surface area contributed by atoms with Gasteiger partial charge < -0.3 is 24.3 Å². The van der Waals surface area contributed by atoms with Crippen LogP contribution >= 0.6 is 0 Å². The minimum Gasteiger partial charge on any atom is -0.497 e. The molecule has 0 bridgehead atoms. The first-order chi connectivity index (χ1) is 15.6. The molecular formula is C24H31N5O3.